The summed E-state index contributed by atoms with van der Waals surface area (Å²) in [4.78, 5) is 0. The standard InChI is InChI=1S/C54H76O2S2.2C7H7.Ti/c1-33(2)41-21-19-22-42(34(3)4)49(41)45-29-39(53(9,10)11)27-37(51(45)55)31-57-47-25-17-15-16-18-26-48(47)58-32-38-28-40(54(12,13)14)30-46(52(38)56)50-43(35(5)6)23-20-24-44(50)36(7)8;2*1-7-5-3-2-4-6-7;/h19-24,27-30,33-36,47-48,55-56H,15-18,25-26,31-32H2,1-14H3;2*2-6H,1H2;/q;2*-1;/t47-,48?;;;/m0.../s1. The summed E-state index contributed by atoms with van der Waals surface area (Å²) in [7, 11) is 0.500. The molecule has 1 fully saturated rings. The van der Waals surface area contributed by atoms with Gasteiger partial charge in [-0.15, -0.1) is 24.3 Å². The summed E-state index contributed by atoms with van der Waals surface area (Å²) in [5.74, 6) is 4.45. The summed E-state index contributed by atoms with van der Waals surface area (Å²) in [6, 6.07) is 42.7. The summed E-state index contributed by atoms with van der Waals surface area (Å²) < 4.78 is 0. The third-order valence-electron chi connectivity index (χ3n) is 14.8. The molecule has 2 aliphatic rings. The minimum atomic E-state index is -0.375. The number of phenolic OH excluding ortho intramolecular Hbond substituents is 2. The number of fused-ring (bicyclic) bond motifs is 1. The first-order chi connectivity index (χ1) is 34.5. The van der Waals surface area contributed by atoms with Crippen molar-refractivity contribution in [2.45, 2.75) is 192 Å². The second-order valence-corrected chi connectivity index (χ2v) is 35.5. The molecule has 6 aromatic rings. The summed E-state index contributed by atoms with van der Waals surface area (Å²) in [5.41, 5.74) is 16.9. The Balaban J connectivity index is 0.000000533. The smallest absolute Gasteiger partial charge is 0.0866 e. The topological polar surface area (TPSA) is 40.5 Å². The van der Waals surface area contributed by atoms with Crippen molar-refractivity contribution in [3.05, 3.63) is 191 Å². The van der Waals surface area contributed by atoms with Crippen LogP contribution < -0.4 is 0 Å². The van der Waals surface area contributed by atoms with Crippen molar-refractivity contribution in [3.63, 3.8) is 0 Å². The molecular weight excluding hydrogens is 961 g/mol. The number of rotatable bonds is 10. The normalized spacial score (nSPS) is 17.9. The first-order valence-electron chi connectivity index (χ1n) is 27.4. The second-order valence-electron chi connectivity index (χ2n) is 24.1. The third-order valence-corrected chi connectivity index (χ3v) is 30.7. The second kappa shape index (κ2) is 25.7. The molecule has 4 atom stereocenters. The van der Waals surface area contributed by atoms with Gasteiger partial charge in [-0.3, -0.25) is 0 Å². The van der Waals surface area contributed by atoms with Gasteiger partial charge in [0.2, 0.25) is 0 Å². The fourth-order valence-corrected chi connectivity index (χ4v) is 31.3. The van der Waals surface area contributed by atoms with Crippen LogP contribution in [0.3, 0.4) is 0 Å². The zero-order valence-electron chi connectivity index (χ0n) is 47.3. The van der Waals surface area contributed by atoms with Crippen LogP contribution in [0.2, 0.25) is 0 Å². The monoisotopic (exact) mass is 1050 g/mol. The van der Waals surface area contributed by atoms with Crippen molar-refractivity contribution < 1.29 is 25.7 Å². The van der Waals surface area contributed by atoms with Crippen molar-refractivity contribution >= 4 is 15.9 Å². The molecule has 2 N–H and O–H groups in total. The SMILES string of the molecule is CC(C)c1cccc(C(C)C)c1-c1cc(C(C)(C)C)cc(C[S]2=[Ti]=[S@@](Cc3cc(C(C)(C)C)cc(-c4c(C(C)C)cccc4C(C)C)c3O)C3CCCCCC[C@@H]32)c1O.[CH2-]c1ccccc1.[CH2-]c1ccccc1. The molecule has 1 heterocycles. The maximum atomic E-state index is 12.6. The fourth-order valence-electron chi connectivity index (χ4n) is 10.5. The van der Waals surface area contributed by atoms with E-state index < -0.39 is 0 Å². The van der Waals surface area contributed by atoms with Crippen LogP contribution in [0.4, 0.5) is 0 Å². The summed E-state index contributed by atoms with van der Waals surface area (Å²) in [6.45, 7) is 39.7. The van der Waals surface area contributed by atoms with Crippen LogP contribution >= 0.6 is 15.9 Å². The van der Waals surface area contributed by atoms with E-state index >= 15 is 0 Å². The van der Waals surface area contributed by atoms with E-state index in [-0.39, 0.29) is 42.2 Å². The molecule has 1 saturated carbocycles. The van der Waals surface area contributed by atoms with Crippen LogP contribution in [-0.4, -0.2) is 20.7 Å². The molecule has 0 aromatic heterocycles. The Morgan fingerprint density at radius 2 is 0.781 bits per heavy atom. The molecule has 73 heavy (non-hydrogen) atoms. The van der Waals surface area contributed by atoms with Gasteiger partial charge in [0, 0.05) is 0 Å². The molecule has 0 spiro atoms. The Hall–Kier alpha value is -3.93. The van der Waals surface area contributed by atoms with E-state index in [1.807, 2.05) is 60.7 Å². The van der Waals surface area contributed by atoms with Gasteiger partial charge in [0.1, 0.15) is 0 Å². The zero-order chi connectivity index (χ0) is 53.4. The summed E-state index contributed by atoms with van der Waals surface area (Å²) in [5, 5.41) is 26.6. The molecule has 8 rings (SSSR count). The molecule has 2 nitrogen and oxygen atoms in total. The summed E-state index contributed by atoms with van der Waals surface area (Å²) >= 11 is -0.375. The van der Waals surface area contributed by atoms with Crippen molar-refractivity contribution in [2.75, 3.05) is 0 Å². The van der Waals surface area contributed by atoms with E-state index in [1.165, 1.54) is 94.2 Å². The quantitative estimate of drug-likeness (QED) is 0.106. The van der Waals surface area contributed by atoms with Crippen LogP contribution in [0.15, 0.2) is 121 Å². The maximum Gasteiger partial charge on any atom is -0.0866 e. The van der Waals surface area contributed by atoms with Crippen LogP contribution in [0, 0.1) is 13.8 Å². The molecule has 5 heteroatoms. The van der Waals surface area contributed by atoms with Gasteiger partial charge in [0.25, 0.3) is 0 Å². The number of phenols is 2. The van der Waals surface area contributed by atoms with Gasteiger partial charge < -0.3 is 0 Å². The van der Waals surface area contributed by atoms with E-state index in [4.69, 9.17) is 0 Å². The third kappa shape index (κ3) is 14.9. The van der Waals surface area contributed by atoms with Gasteiger partial charge >= 0.3 is 372 Å². The van der Waals surface area contributed by atoms with Crippen molar-refractivity contribution in [2.24, 2.45) is 0 Å². The molecule has 6 aromatic carbocycles. The zero-order valence-corrected chi connectivity index (χ0v) is 50.5. The van der Waals surface area contributed by atoms with Gasteiger partial charge in [0.15, 0.2) is 0 Å². The van der Waals surface area contributed by atoms with E-state index in [1.54, 1.807) is 0 Å². The Bertz CT molecular complexity index is 2610. The van der Waals surface area contributed by atoms with E-state index in [9.17, 15) is 10.2 Å². The molecule has 0 bridgehead atoms. The average Bonchev–Trinajstić information content (AvgIpc) is 3.62. The minimum absolute atomic E-state index is 0.0406. The molecular formula is C68H90O2S2Ti-2. The number of hydrogen-bond donors (Lipinski definition) is 2. The average molecular weight is 1050 g/mol. The number of aromatic hydroxyl groups is 2. The van der Waals surface area contributed by atoms with Crippen LogP contribution in [-0.2, 0) is 37.8 Å². The molecule has 0 saturated heterocycles. The Kier molecular flexibility index (Phi) is 20.6. The van der Waals surface area contributed by atoms with E-state index in [0.29, 0.717) is 35.2 Å². The van der Waals surface area contributed by atoms with Gasteiger partial charge in [0.05, 0.1) is 0 Å². The minimum Gasteiger partial charge on any atom is -0.199 e. The molecule has 0 amide bonds. The van der Waals surface area contributed by atoms with Crippen molar-refractivity contribution in [3.8, 4) is 33.8 Å². The van der Waals surface area contributed by atoms with Crippen LogP contribution in [0.5, 0.6) is 11.5 Å². The first kappa shape index (κ1) is 58.3. The molecule has 1 aliphatic carbocycles. The Labute approximate surface area is 454 Å². The molecule has 2 unspecified atom stereocenters. The van der Waals surface area contributed by atoms with Gasteiger partial charge in [-0.05, 0) is 0 Å². The Morgan fingerprint density at radius 1 is 0.466 bits per heavy atom. The van der Waals surface area contributed by atoms with Crippen LogP contribution in [0.25, 0.3) is 22.3 Å². The van der Waals surface area contributed by atoms with Crippen LogP contribution in [0.1, 0.15) is 215 Å². The molecule has 1 aliphatic heterocycles. The largest absolute Gasteiger partial charge is 0.199 e. The first-order valence-corrected chi connectivity index (χ1v) is 34.1. The Morgan fingerprint density at radius 3 is 1.04 bits per heavy atom. The van der Waals surface area contributed by atoms with Crippen molar-refractivity contribution in [1.82, 2.24) is 0 Å². The maximum absolute atomic E-state index is 12.6. The predicted molar refractivity (Wildman–Crippen MR) is 321 cm³/mol. The van der Waals surface area contributed by atoms with Gasteiger partial charge in [-0.1, -0.05) is 12.1 Å². The fraction of sp³-hybridized carbons (Fsp3) is 0.441. The number of hydrogen-bond acceptors (Lipinski definition) is 2. The van der Waals surface area contributed by atoms with Gasteiger partial charge in [-0.25, -0.2) is 0 Å². The van der Waals surface area contributed by atoms with E-state index in [0.717, 1.165) is 44.3 Å². The van der Waals surface area contributed by atoms with Gasteiger partial charge in [-0.2, -0.15) is 49.2 Å². The van der Waals surface area contributed by atoms with Crippen molar-refractivity contribution in [1.29, 1.82) is 0 Å². The number of benzene rings is 6. The van der Waals surface area contributed by atoms with E-state index in [2.05, 4.69) is 171 Å². The summed E-state index contributed by atoms with van der Waals surface area (Å²) in [6.07, 6.45) is 7.98. The predicted octanol–water partition coefficient (Wildman–Crippen LogP) is 20.5. The molecule has 392 valence electrons. The molecule has 0 radical (unpaired) electrons.